The lowest BCUT2D eigenvalue weighted by Gasteiger charge is -2.50. The van der Waals surface area contributed by atoms with Crippen LogP contribution in [0.1, 0.15) is 36.0 Å². The zero-order valence-electron chi connectivity index (χ0n) is 26.1. The van der Waals surface area contributed by atoms with E-state index in [1.54, 1.807) is 9.96 Å². The van der Waals surface area contributed by atoms with Crippen LogP contribution in [0.4, 0.5) is 0 Å². The summed E-state index contributed by atoms with van der Waals surface area (Å²) in [7, 11) is 0. The number of carbonyl (C=O) groups excluding carboxylic acids is 3. The average molecular weight is 766 g/mol. The van der Waals surface area contributed by atoms with E-state index in [0.717, 1.165) is 20.3 Å². The van der Waals surface area contributed by atoms with Crippen LogP contribution in [0, 0.1) is 8.99 Å². The van der Waals surface area contributed by atoms with Crippen LogP contribution in [-0.2, 0) is 45.8 Å². The molecule has 4 saturated heterocycles. The van der Waals surface area contributed by atoms with E-state index in [1.165, 1.54) is 0 Å². The van der Waals surface area contributed by atoms with Gasteiger partial charge in [-0.2, -0.15) is 5.06 Å². The van der Waals surface area contributed by atoms with Crippen LogP contribution in [0.5, 0.6) is 0 Å². The van der Waals surface area contributed by atoms with E-state index in [0.29, 0.717) is 19.4 Å². The summed E-state index contributed by atoms with van der Waals surface area (Å²) in [5, 5.41) is 13.7. The van der Waals surface area contributed by atoms with Gasteiger partial charge in [0.25, 0.3) is 0 Å². The molecule has 0 radical (unpaired) electrons. The molecule has 0 aromatic heterocycles. The molecule has 250 valence electrons. The topological polar surface area (TPSA) is 127 Å². The molecule has 5 aliphatic rings. The highest BCUT2D eigenvalue weighted by Gasteiger charge is 2.77. The molecule has 11 nitrogen and oxygen atoms in total. The van der Waals surface area contributed by atoms with Crippen molar-refractivity contribution in [2.75, 3.05) is 19.7 Å². The van der Waals surface area contributed by atoms with Crippen LogP contribution in [-0.4, -0.2) is 89.0 Å². The van der Waals surface area contributed by atoms with Gasteiger partial charge in [-0.05, 0) is 47.1 Å². The SMILES string of the molecule is O=C(NCCO)[C@H]1CCCN1C(=O)[C@@]12C[C@H]3OC(=O)[C@@H]1N(Cc1ccccc1I)O[C@@H]2[C@H]1OC(c2ccccc2)(c2ccccc2)O[C@H]13. The Morgan fingerprint density at radius 3 is 2.29 bits per heavy atom. The zero-order chi connectivity index (χ0) is 33.0. The van der Waals surface area contributed by atoms with E-state index in [-0.39, 0.29) is 37.9 Å². The summed E-state index contributed by atoms with van der Waals surface area (Å²) in [5.41, 5.74) is 1.04. The van der Waals surface area contributed by atoms with E-state index < -0.39 is 53.7 Å². The van der Waals surface area contributed by atoms with E-state index in [4.69, 9.17) is 19.0 Å². The fraction of sp³-hybridized carbons (Fsp3) is 0.417. The van der Waals surface area contributed by atoms with E-state index in [1.807, 2.05) is 84.9 Å². The first kappa shape index (κ1) is 31.8. The van der Waals surface area contributed by atoms with Crippen LogP contribution in [0.25, 0.3) is 0 Å². The number of ether oxygens (including phenoxy) is 3. The van der Waals surface area contributed by atoms with Crippen LogP contribution in [0.3, 0.4) is 0 Å². The number of esters is 1. The Kier molecular flexibility index (Phi) is 8.28. The van der Waals surface area contributed by atoms with Crippen molar-refractivity contribution in [3.05, 3.63) is 105 Å². The minimum atomic E-state index is -1.41. The maximum atomic E-state index is 15.2. The van der Waals surface area contributed by atoms with Crippen LogP contribution in [0.15, 0.2) is 84.9 Å². The molecule has 2 N–H and O–H groups in total. The second-order valence-corrected chi connectivity index (χ2v) is 14.2. The van der Waals surface area contributed by atoms with Crippen molar-refractivity contribution in [3.63, 3.8) is 0 Å². The van der Waals surface area contributed by atoms with Gasteiger partial charge in [0, 0.05) is 34.2 Å². The first-order chi connectivity index (χ1) is 23.4. The van der Waals surface area contributed by atoms with E-state index >= 15 is 4.79 Å². The van der Waals surface area contributed by atoms with Crippen LogP contribution < -0.4 is 5.32 Å². The molecule has 3 aromatic rings. The molecular weight excluding hydrogens is 729 g/mol. The molecule has 4 aliphatic heterocycles. The highest BCUT2D eigenvalue weighted by Crippen LogP contribution is 2.60. The Hall–Kier alpha value is -3.40. The quantitative estimate of drug-likeness (QED) is 0.263. The van der Waals surface area contributed by atoms with Gasteiger partial charge in [0.2, 0.25) is 17.6 Å². The largest absolute Gasteiger partial charge is 0.458 e. The Balaban J connectivity index is 1.24. The lowest BCUT2D eigenvalue weighted by Crippen LogP contribution is -2.70. The minimum Gasteiger partial charge on any atom is -0.458 e. The number of hydroxylamine groups is 2. The van der Waals surface area contributed by atoms with Gasteiger partial charge in [-0.1, -0.05) is 78.9 Å². The maximum Gasteiger partial charge on any atom is 0.327 e. The fourth-order valence-corrected chi connectivity index (χ4v) is 8.87. The zero-order valence-corrected chi connectivity index (χ0v) is 28.2. The number of likely N-dealkylation sites (tertiary alicyclic amines) is 1. The average Bonchev–Trinajstić information content (AvgIpc) is 3.85. The predicted molar refractivity (Wildman–Crippen MR) is 179 cm³/mol. The molecular formula is C36H36IN3O8. The molecule has 1 aliphatic carbocycles. The molecule has 2 amide bonds. The summed E-state index contributed by atoms with van der Waals surface area (Å²) >= 11 is 2.25. The molecule has 8 rings (SSSR count). The molecule has 3 aromatic carbocycles. The summed E-state index contributed by atoms with van der Waals surface area (Å²) in [6.07, 6.45) is -1.98. The van der Waals surface area contributed by atoms with E-state index in [2.05, 4.69) is 27.9 Å². The molecule has 0 unspecified atom stereocenters. The van der Waals surface area contributed by atoms with Crippen molar-refractivity contribution in [1.82, 2.24) is 15.3 Å². The summed E-state index contributed by atoms with van der Waals surface area (Å²) < 4.78 is 21.2. The van der Waals surface area contributed by atoms with Crippen molar-refractivity contribution >= 4 is 40.4 Å². The van der Waals surface area contributed by atoms with Crippen molar-refractivity contribution in [3.8, 4) is 0 Å². The van der Waals surface area contributed by atoms with Crippen molar-refractivity contribution in [2.24, 2.45) is 5.41 Å². The number of aliphatic hydroxyl groups excluding tert-OH is 1. The van der Waals surface area contributed by atoms with Gasteiger partial charge in [0.1, 0.15) is 35.9 Å². The second-order valence-electron chi connectivity index (χ2n) is 13.0. The summed E-state index contributed by atoms with van der Waals surface area (Å²) in [6.45, 7) is 0.470. The standard InChI is InChI=1S/C36H36IN3O8/c37-25-15-8-7-10-22(25)21-40-30-33(43)45-27-20-35(30,34(44)39-18-9-16-26(39)32(42)38-17-19-41)31(48-40)29-28(27)46-36(47-29,23-11-3-1-4-12-23)24-13-5-2-6-14-24/h1-8,10-15,26-31,41H,9,16-21H2,(H,38,42)/t26-,27-,28+,29+,30+,31-,35+/m1/s1. The van der Waals surface area contributed by atoms with Gasteiger partial charge >= 0.3 is 5.97 Å². The Labute approximate surface area is 291 Å². The third kappa shape index (κ3) is 4.90. The van der Waals surface area contributed by atoms with Crippen LogP contribution >= 0.6 is 22.6 Å². The summed E-state index contributed by atoms with van der Waals surface area (Å²) in [6, 6.07) is 25.3. The second kappa shape index (κ2) is 12.5. The highest BCUT2D eigenvalue weighted by atomic mass is 127. The summed E-state index contributed by atoms with van der Waals surface area (Å²) in [5.74, 6) is -2.57. The Morgan fingerprint density at radius 2 is 1.60 bits per heavy atom. The maximum absolute atomic E-state index is 15.2. The number of halogens is 1. The lowest BCUT2D eigenvalue weighted by atomic mass is 9.62. The molecule has 4 heterocycles. The number of aliphatic hydroxyl groups is 1. The number of benzene rings is 3. The normalized spacial score (nSPS) is 31.7. The van der Waals surface area contributed by atoms with Crippen molar-refractivity contribution in [2.45, 2.75) is 68.1 Å². The van der Waals surface area contributed by atoms with Crippen molar-refractivity contribution < 1.29 is 38.5 Å². The fourth-order valence-electron chi connectivity index (χ4n) is 8.31. The van der Waals surface area contributed by atoms with Gasteiger partial charge in [0.05, 0.1) is 13.2 Å². The molecule has 1 saturated carbocycles. The monoisotopic (exact) mass is 765 g/mol. The number of nitrogens with one attached hydrogen (secondary N) is 1. The lowest BCUT2D eigenvalue weighted by molar-refractivity contribution is -0.214. The number of rotatable bonds is 8. The van der Waals surface area contributed by atoms with Crippen molar-refractivity contribution in [1.29, 1.82) is 0 Å². The number of hydrogen-bond acceptors (Lipinski definition) is 9. The van der Waals surface area contributed by atoms with Gasteiger partial charge in [-0.25, -0.2) is 0 Å². The van der Waals surface area contributed by atoms with Crippen LogP contribution in [0.2, 0.25) is 0 Å². The van der Waals surface area contributed by atoms with E-state index in [9.17, 15) is 14.7 Å². The Bertz CT molecular complexity index is 1670. The molecule has 0 spiro atoms. The molecule has 7 atom stereocenters. The minimum absolute atomic E-state index is 0.0880. The number of nitrogens with zero attached hydrogens (tertiary/aromatic N) is 2. The molecule has 5 fully saturated rings. The van der Waals surface area contributed by atoms with Gasteiger partial charge in [0.15, 0.2) is 6.04 Å². The molecule has 2 bridgehead atoms. The van der Waals surface area contributed by atoms with Gasteiger partial charge < -0.3 is 29.5 Å². The first-order valence-corrected chi connectivity index (χ1v) is 17.5. The smallest absolute Gasteiger partial charge is 0.327 e. The number of carbonyl (C=O) groups is 3. The predicted octanol–water partition coefficient (Wildman–Crippen LogP) is 2.88. The Morgan fingerprint density at radius 1 is 0.938 bits per heavy atom. The highest BCUT2D eigenvalue weighted by molar-refractivity contribution is 14.1. The first-order valence-electron chi connectivity index (χ1n) is 16.4. The number of amides is 2. The number of fused-ring (bicyclic) bond motifs is 4. The molecule has 48 heavy (non-hydrogen) atoms. The third-order valence-electron chi connectivity index (χ3n) is 10.4. The molecule has 12 heteroatoms. The number of hydrogen-bond donors (Lipinski definition) is 2. The van der Waals surface area contributed by atoms with Gasteiger partial charge in [-0.15, -0.1) is 0 Å². The summed E-state index contributed by atoms with van der Waals surface area (Å²) in [4.78, 5) is 51.0. The third-order valence-corrected chi connectivity index (χ3v) is 11.4. The van der Waals surface area contributed by atoms with Gasteiger partial charge in [-0.3, -0.25) is 19.2 Å².